The van der Waals surface area contributed by atoms with E-state index in [1.165, 1.54) is 11.1 Å². The molecule has 212 valence electrons. The molecule has 2 aromatic carbocycles. The molecular weight excluding hydrogens is 495 g/mol. The maximum atomic E-state index is 15.0. The van der Waals surface area contributed by atoms with Crippen molar-refractivity contribution < 1.29 is 23.7 Å². The topological polar surface area (TPSA) is 54.4 Å². The molecule has 2 aliphatic carbocycles. The number of rotatable bonds is 13. The van der Waals surface area contributed by atoms with Crippen molar-refractivity contribution in [2.24, 2.45) is 11.8 Å². The molecule has 0 heterocycles. The largest absolute Gasteiger partial charge is 0.508 e. The fourth-order valence-electron chi connectivity index (χ4n) is 5.77. The number of phenols is 1. The molecule has 0 bridgehead atoms. The van der Waals surface area contributed by atoms with Crippen LogP contribution in [0.3, 0.4) is 0 Å². The van der Waals surface area contributed by atoms with Crippen LogP contribution in [0.15, 0.2) is 60.4 Å². The van der Waals surface area contributed by atoms with Gasteiger partial charge in [0.2, 0.25) is 0 Å². The molecule has 39 heavy (non-hydrogen) atoms. The first-order valence-corrected chi connectivity index (χ1v) is 14.0. The summed E-state index contributed by atoms with van der Waals surface area (Å²) in [6.07, 6.45) is 9.61. The molecule has 0 aliphatic heterocycles. The Morgan fingerprint density at radius 2 is 1.87 bits per heavy atom. The highest BCUT2D eigenvalue weighted by Crippen LogP contribution is 2.38. The monoisotopic (exact) mass is 538 g/mol. The molecule has 7 heteroatoms. The van der Waals surface area contributed by atoms with Crippen molar-refractivity contribution in [2.75, 3.05) is 54.1 Å². The fraction of sp³-hybridized carbons (Fsp3) is 0.500. The highest BCUT2D eigenvalue weighted by molar-refractivity contribution is 5.37. The van der Waals surface area contributed by atoms with Crippen LogP contribution in [0.2, 0.25) is 0 Å². The number of fused-ring (bicyclic) bond motifs is 1. The molecule has 2 aromatic rings. The van der Waals surface area contributed by atoms with Gasteiger partial charge in [-0.2, -0.15) is 0 Å². The standard InChI is InChI=1S/C32H43FN2O4/c1-5-35(22-23-6-13-32(30(33)18-23)39-17-15-34(2)14-16-37-3)31-21-28(38-4)11-12-29(31)26-8-7-25-20-27(36)10-9-24(25)19-26/h6,9-13,18,20-21,26,29,31,36H,5,7-8,14-17,19,22H2,1-4H3/t26-,29?,31?/m1/s1. The Hall–Kier alpha value is -2.87. The second-order valence-corrected chi connectivity index (χ2v) is 10.6. The van der Waals surface area contributed by atoms with Gasteiger partial charge in [-0.3, -0.25) is 4.90 Å². The summed E-state index contributed by atoms with van der Waals surface area (Å²) >= 11 is 0. The van der Waals surface area contributed by atoms with Crippen LogP contribution in [-0.4, -0.2) is 75.1 Å². The van der Waals surface area contributed by atoms with Crippen LogP contribution >= 0.6 is 0 Å². The van der Waals surface area contributed by atoms with E-state index in [1.807, 2.05) is 19.2 Å². The minimum absolute atomic E-state index is 0.139. The van der Waals surface area contributed by atoms with Gasteiger partial charge in [0, 0.05) is 32.8 Å². The molecule has 6 nitrogen and oxygen atoms in total. The summed E-state index contributed by atoms with van der Waals surface area (Å²) in [5.41, 5.74) is 3.50. The molecule has 2 unspecified atom stereocenters. The number of aromatic hydroxyl groups is 1. The van der Waals surface area contributed by atoms with Crippen molar-refractivity contribution in [3.8, 4) is 11.5 Å². The van der Waals surface area contributed by atoms with Crippen molar-refractivity contribution in [3.63, 3.8) is 0 Å². The molecule has 3 atom stereocenters. The van der Waals surface area contributed by atoms with E-state index in [1.54, 1.807) is 32.4 Å². The Morgan fingerprint density at radius 3 is 2.62 bits per heavy atom. The first-order valence-electron chi connectivity index (χ1n) is 14.0. The van der Waals surface area contributed by atoms with Gasteiger partial charge in [-0.1, -0.05) is 25.1 Å². The fourth-order valence-corrected chi connectivity index (χ4v) is 5.77. The van der Waals surface area contributed by atoms with E-state index in [9.17, 15) is 9.50 Å². The van der Waals surface area contributed by atoms with Crippen LogP contribution in [0, 0.1) is 17.7 Å². The third-order valence-electron chi connectivity index (χ3n) is 8.07. The summed E-state index contributed by atoms with van der Waals surface area (Å²) in [7, 11) is 5.38. The van der Waals surface area contributed by atoms with Gasteiger partial charge in [0.1, 0.15) is 18.1 Å². The van der Waals surface area contributed by atoms with Crippen molar-refractivity contribution in [2.45, 2.75) is 38.8 Å². The van der Waals surface area contributed by atoms with E-state index in [-0.39, 0.29) is 17.6 Å². The summed E-state index contributed by atoms with van der Waals surface area (Å²) in [6.45, 7) is 6.20. The molecule has 0 amide bonds. The Morgan fingerprint density at radius 1 is 1.05 bits per heavy atom. The van der Waals surface area contributed by atoms with Gasteiger partial charge < -0.3 is 24.2 Å². The van der Waals surface area contributed by atoms with Crippen molar-refractivity contribution >= 4 is 0 Å². The van der Waals surface area contributed by atoms with Gasteiger partial charge in [0.05, 0.1) is 13.7 Å². The third-order valence-corrected chi connectivity index (χ3v) is 8.07. The van der Waals surface area contributed by atoms with Crippen LogP contribution < -0.4 is 4.74 Å². The molecular formula is C32H43FN2O4. The zero-order valence-corrected chi connectivity index (χ0v) is 23.7. The molecule has 1 N–H and O–H groups in total. The Labute approximate surface area is 232 Å². The van der Waals surface area contributed by atoms with Crippen LogP contribution in [-0.2, 0) is 28.9 Å². The Kier molecular flexibility index (Phi) is 10.4. The van der Waals surface area contributed by atoms with Crippen LogP contribution in [0.25, 0.3) is 0 Å². The number of methoxy groups -OCH3 is 2. The predicted octanol–water partition coefficient (Wildman–Crippen LogP) is 5.20. The number of halogens is 1. The van der Waals surface area contributed by atoms with Crippen LogP contribution in [0.1, 0.15) is 30.0 Å². The second-order valence-electron chi connectivity index (χ2n) is 10.6. The molecule has 0 radical (unpaired) electrons. The summed E-state index contributed by atoms with van der Waals surface area (Å²) in [6, 6.07) is 11.2. The number of hydrogen-bond donors (Lipinski definition) is 1. The summed E-state index contributed by atoms with van der Waals surface area (Å²) in [5.74, 6) is 1.94. The number of aryl methyl sites for hydroxylation is 1. The van der Waals surface area contributed by atoms with E-state index < -0.39 is 0 Å². The molecule has 0 spiro atoms. The number of allylic oxidation sites excluding steroid dienone is 1. The third kappa shape index (κ3) is 7.62. The van der Waals surface area contributed by atoms with Crippen molar-refractivity contribution in [1.29, 1.82) is 0 Å². The summed E-state index contributed by atoms with van der Waals surface area (Å²) < 4.78 is 31.4. The van der Waals surface area contributed by atoms with Crippen molar-refractivity contribution in [1.82, 2.24) is 9.80 Å². The Bertz CT molecular complexity index is 1150. The lowest BCUT2D eigenvalue weighted by Gasteiger charge is -2.41. The maximum Gasteiger partial charge on any atom is 0.165 e. The van der Waals surface area contributed by atoms with Crippen LogP contribution in [0.5, 0.6) is 11.5 Å². The minimum Gasteiger partial charge on any atom is -0.508 e. The smallest absolute Gasteiger partial charge is 0.165 e. The van der Waals surface area contributed by atoms with E-state index in [0.717, 1.165) is 43.7 Å². The maximum absolute atomic E-state index is 15.0. The van der Waals surface area contributed by atoms with Gasteiger partial charge in [-0.15, -0.1) is 0 Å². The minimum atomic E-state index is -0.330. The van der Waals surface area contributed by atoms with Gasteiger partial charge in [-0.25, -0.2) is 4.39 Å². The first-order chi connectivity index (χ1) is 18.9. The number of hydrogen-bond acceptors (Lipinski definition) is 6. The molecule has 0 aromatic heterocycles. The summed E-state index contributed by atoms with van der Waals surface area (Å²) in [4.78, 5) is 4.50. The number of likely N-dealkylation sites (N-methyl/N-ethyl adjacent to an activating group) is 2. The number of phenolic OH excluding ortho intramolecular Hbond substituents is 1. The average molecular weight is 539 g/mol. The highest BCUT2D eigenvalue weighted by Gasteiger charge is 2.34. The Balaban J connectivity index is 1.44. The number of benzene rings is 2. The SMILES string of the molecule is CCN(Cc1ccc(OCCN(C)CCOC)c(F)c1)C1C=C(OC)C=CC1[C@@H]1CCc2cc(O)ccc2C1. The average Bonchev–Trinajstić information content (AvgIpc) is 2.95. The molecule has 2 aliphatic rings. The quantitative estimate of drug-likeness (QED) is 0.378. The zero-order chi connectivity index (χ0) is 27.8. The predicted molar refractivity (Wildman–Crippen MR) is 152 cm³/mol. The van der Waals surface area contributed by atoms with E-state index in [4.69, 9.17) is 14.2 Å². The summed E-state index contributed by atoms with van der Waals surface area (Å²) in [5, 5.41) is 9.90. The molecule has 0 saturated carbocycles. The lowest BCUT2D eigenvalue weighted by atomic mass is 9.72. The second kappa shape index (κ2) is 14.0. The number of ether oxygens (including phenoxy) is 3. The first kappa shape index (κ1) is 29.1. The van der Waals surface area contributed by atoms with Gasteiger partial charge in [0.15, 0.2) is 11.6 Å². The highest BCUT2D eigenvalue weighted by atomic mass is 19.1. The lowest BCUT2D eigenvalue weighted by Crippen LogP contribution is -2.43. The molecule has 4 rings (SSSR count). The molecule has 0 fully saturated rings. The van der Waals surface area contributed by atoms with E-state index in [0.29, 0.717) is 43.9 Å². The van der Waals surface area contributed by atoms with Gasteiger partial charge in [0.25, 0.3) is 0 Å². The molecule has 0 saturated heterocycles. The van der Waals surface area contributed by atoms with Crippen LogP contribution in [0.4, 0.5) is 4.39 Å². The normalized spacial score (nSPS) is 20.7. The van der Waals surface area contributed by atoms with E-state index in [2.05, 4.69) is 41.0 Å². The lowest BCUT2D eigenvalue weighted by molar-refractivity contribution is 0.146. The number of nitrogens with zero attached hydrogens (tertiary/aromatic N) is 2. The van der Waals surface area contributed by atoms with Crippen molar-refractivity contribution in [3.05, 3.63) is 82.9 Å². The van der Waals surface area contributed by atoms with Gasteiger partial charge in [-0.05, 0) is 97.8 Å². The zero-order valence-electron chi connectivity index (χ0n) is 23.7. The van der Waals surface area contributed by atoms with Gasteiger partial charge >= 0.3 is 0 Å². The van der Waals surface area contributed by atoms with E-state index >= 15 is 0 Å².